The number of allylic oxidation sites excluding steroid dienone is 3. The molecule has 1 heterocycles. The Morgan fingerprint density at radius 2 is 1.33 bits per heavy atom. The van der Waals surface area contributed by atoms with Gasteiger partial charge in [0.25, 0.3) is 0 Å². The number of fused-ring (bicyclic) bond motifs is 5. The summed E-state index contributed by atoms with van der Waals surface area (Å²) in [4.78, 5) is 41.5. The van der Waals surface area contributed by atoms with Crippen molar-refractivity contribution in [2.24, 2.45) is 23.7 Å². The Labute approximate surface area is 232 Å². The number of hydrogen-bond donors (Lipinski definition) is 0. The number of hydrogen-bond acceptors (Lipinski definition) is 4. The first kappa shape index (κ1) is 25.3. The monoisotopic (exact) mass is 537 g/mol. The van der Waals surface area contributed by atoms with Crippen molar-refractivity contribution in [1.82, 2.24) is 0 Å². The number of carbonyl (C=O) groups is 3. The average Bonchev–Trinajstić information content (AvgIpc) is 3.56. The largest absolute Gasteiger partial charge is 0.462 e. The van der Waals surface area contributed by atoms with E-state index in [4.69, 9.17) is 16.3 Å². The molecular formula is C33H28ClNO4. The first-order chi connectivity index (χ1) is 18.8. The van der Waals surface area contributed by atoms with E-state index >= 15 is 0 Å². The quantitative estimate of drug-likeness (QED) is 0.210. The van der Waals surface area contributed by atoms with Crippen molar-refractivity contribution in [3.05, 3.63) is 117 Å². The summed E-state index contributed by atoms with van der Waals surface area (Å²) in [5.74, 6) is -2.43. The minimum atomic E-state index is -0.587. The maximum atomic E-state index is 13.9. The van der Waals surface area contributed by atoms with Crippen molar-refractivity contribution in [3.63, 3.8) is 0 Å². The molecule has 3 aromatic carbocycles. The second kappa shape index (κ2) is 9.65. The highest BCUT2D eigenvalue weighted by molar-refractivity contribution is 6.34. The molecule has 1 aliphatic heterocycles. The Bertz CT molecular complexity index is 1490. The average molecular weight is 538 g/mol. The summed E-state index contributed by atoms with van der Waals surface area (Å²) >= 11 is 6.24. The summed E-state index contributed by atoms with van der Waals surface area (Å²) in [6.45, 7) is 6.02. The molecule has 3 aliphatic rings. The van der Waals surface area contributed by atoms with Crippen LogP contribution >= 0.6 is 11.6 Å². The number of imide groups is 1. The van der Waals surface area contributed by atoms with Crippen molar-refractivity contribution in [2.45, 2.75) is 20.8 Å². The molecule has 6 rings (SSSR count). The van der Waals surface area contributed by atoms with E-state index in [9.17, 15) is 14.4 Å². The summed E-state index contributed by atoms with van der Waals surface area (Å²) in [6.07, 6.45) is 4.17. The van der Waals surface area contributed by atoms with Crippen LogP contribution in [-0.2, 0) is 14.3 Å². The highest BCUT2D eigenvalue weighted by Crippen LogP contribution is 2.59. The molecule has 0 unspecified atom stereocenters. The van der Waals surface area contributed by atoms with Crippen molar-refractivity contribution in [1.29, 1.82) is 0 Å². The smallest absolute Gasteiger partial charge is 0.339 e. The molecule has 2 fully saturated rings. The predicted molar refractivity (Wildman–Crippen MR) is 151 cm³/mol. The van der Waals surface area contributed by atoms with Gasteiger partial charge in [0.15, 0.2) is 0 Å². The van der Waals surface area contributed by atoms with Crippen LogP contribution in [0, 0.1) is 37.5 Å². The highest BCUT2D eigenvalue weighted by Gasteiger charge is 2.62. The lowest BCUT2D eigenvalue weighted by Crippen LogP contribution is -2.33. The third-order valence-corrected chi connectivity index (χ3v) is 8.42. The molecule has 39 heavy (non-hydrogen) atoms. The molecule has 3 aromatic rings. The van der Waals surface area contributed by atoms with Crippen LogP contribution in [0.5, 0.6) is 0 Å². The second-order valence-electron chi connectivity index (χ2n) is 10.4. The molecule has 0 N–H and O–H groups in total. The normalized spacial score (nSPS) is 23.0. The molecular weight excluding hydrogens is 510 g/mol. The first-order valence-corrected chi connectivity index (χ1v) is 13.6. The number of ether oxygens (including phenoxy) is 1. The fraction of sp³-hybridized carbons (Fsp3) is 0.242. The summed E-state index contributed by atoms with van der Waals surface area (Å²) in [5, 5.41) is 0.212. The summed E-state index contributed by atoms with van der Waals surface area (Å²) in [7, 11) is 0. The number of carbonyl (C=O) groups excluding carboxylic acids is 3. The van der Waals surface area contributed by atoms with Crippen molar-refractivity contribution in [2.75, 3.05) is 11.5 Å². The minimum Gasteiger partial charge on any atom is -0.462 e. The number of aryl methyl sites for hydroxylation is 2. The van der Waals surface area contributed by atoms with Crippen LogP contribution in [0.2, 0.25) is 5.02 Å². The first-order valence-electron chi connectivity index (χ1n) is 13.2. The molecule has 6 heteroatoms. The van der Waals surface area contributed by atoms with Crippen molar-refractivity contribution in [3.8, 4) is 0 Å². The number of amides is 2. The summed E-state index contributed by atoms with van der Waals surface area (Å²) in [5.41, 5.74) is 7.18. The topological polar surface area (TPSA) is 63.7 Å². The van der Waals surface area contributed by atoms with Gasteiger partial charge in [-0.25, -0.2) is 9.69 Å². The molecule has 5 nitrogen and oxygen atoms in total. The predicted octanol–water partition coefficient (Wildman–Crippen LogP) is 6.56. The Hall–Kier alpha value is -3.96. The van der Waals surface area contributed by atoms with Crippen LogP contribution in [0.3, 0.4) is 0 Å². The minimum absolute atomic E-state index is 0.136. The SMILES string of the molecule is CCOC(=O)c1cc(N2C(=O)[C@@H]3[C@H](C2=O)[C@H]2C=C[C@H]3C2=C(c2ccc(C)cc2)c2ccc(C)cc2)ccc1Cl. The van der Waals surface area contributed by atoms with E-state index in [1.165, 1.54) is 28.2 Å². The highest BCUT2D eigenvalue weighted by atomic mass is 35.5. The lowest BCUT2D eigenvalue weighted by molar-refractivity contribution is -0.122. The fourth-order valence-corrected chi connectivity index (χ4v) is 6.50. The summed E-state index contributed by atoms with van der Waals surface area (Å²) in [6, 6.07) is 21.5. The Kier molecular flexibility index (Phi) is 6.27. The molecule has 2 bridgehead atoms. The van der Waals surface area contributed by atoms with Gasteiger partial charge in [-0.3, -0.25) is 9.59 Å². The fourth-order valence-electron chi connectivity index (χ4n) is 6.31. The van der Waals surface area contributed by atoms with Crippen LogP contribution in [0.15, 0.2) is 84.5 Å². The molecule has 196 valence electrons. The number of nitrogens with zero attached hydrogens (tertiary/aromatic N) is 1. The Morgan fingerprint density at radius 3 is 1.82 bits per heavy atom. The van der Waals surface area contributed by atoms with E-state index in [-0.39, 0.29) is 40.8 Å². The van der Waals surface area contributed by atoms with Gasteiger partial charge in [-0.05, 0) is 61.2 Å². The number of esters is 1. The van der Waals surface area contributed by atoms with E-state index in [0.717, 1.165) is 22.3 Å². The standard InChI is InChI=1S/C33H28ClNO4/c1-4-39-33(38)25-17-22(13-16-26(25)34)35-31(36)29-23-14-15-24(30(29)32(35)37)28(23)27(20-9-5-18(2)6-10-20)21-11-7-19(3)8-12-21/h5-17,23-24,29-30H,4H2,1-3H3/t23-,24-,29-,30+/m0/s1. The van der Waals surface area contributed by atoms with Crippen LogP contribution in [0.4, 0.5) is 5.69 Å². The van der Waals surface area contributed by atoms with Gasteiger partial charge in [-0.15, -0.1) is 0 Å². The molecule has 1 saturated carbocycles. The van der Waals surface area contributed by atoms with Gasteiger partial charge in [0, 0.05) is 11.8 Å². The van der Waals surface area contributed by atoms with Crippen LogP contribution in [-0.4, -0.2) is 24.4 Å². The molecule has 4 atom stereocenters. The third-order valence-electron chi connectivity index (χ3n) is 8.09. The van der Waals surface area contributed by atoms with Crippen LogP contribution in [0.1, 0.15) is 39.5 Å². The maximum Gasteiger partial charge on any atom is 0.339 e. The third kappa shape index (κ3) is 4.04. The van der Waals surface area contributed by atoms with Crippen LogP contribution in [0.25, 0.3) is 5.57 Å². The molecule has 1 saturated heterocycles. The Balaban J connectivity index is 1.43. The zero-order valence-electron chi connectivity index (χ0n) is 22.0. The van der Waals surface area contributed by atoms with Gasteiger partial charge in [-0.2, -0.15) is 0 Å². The number of anilines is 1. The molecule has 2 aliphatic carbocycles. The molecule has 0 spiro atoms. The van der Waals surface area contributed by atoms with E-state index in [2.05, 4.69) is 74.5 Å². The maximum absolute atomic E-state index is 13.9. The van der Waals surface area contributed by atoms with Gasteiger partial charge in [0.1, 0.15) is 0 Å². The van der Waals surface area contributed by atoms with Gasteiger partial charge < -0.3 is 4.74 Å². The lowest BCUT2D eigenvalue weighted by atomic mass is 9.85. The number of halogens is 1. The van der Waals surface area contributed by atoms with E-state index in [0.29, 0.717) is 5.69 Å². The van der Waals surface area contributed by atoms with Gasteiger partial charge in [0.05, 0.1) is 34.7 Å². The molecule has 0 radical (unpaired) electrons. The zero-order valence-corrected chi connectivity index (χ0v) is 22.7. The number of rotatable bonds is 5. The van der Waals surface area contributed by atoms with Crippen molar-refractivity contribution < 1.29 is 19.1 Å². The molecule has 0 aromatic heterocycles. The lowest BCUT2D eigenvalue weighted by Gasteiger charge is -2.22. The van der Waals surface area contributed by atoms with Crippen molar-refractivity contribution >= 4 is 40.6 Å². The van der Waals surface area contributed by atoms with Gasteiger partial charge in [-0.1, -0.05) is 83.4 Å². The van der Waals surface area contributed by atoms with Crippen LogP contribution < -0.4 is 4.90 Å². The van der Waals surface area contributed by atoms with Gasteiger partial charge in [0.2, 0.25) is 11.8 Å². The van der Waals surface area contributed by atoms with E-state index in [1.807, 2.05) is 0 Å². The van der Waals surface area contributed by atoms with E-state index < -0.39 is 17.8 Å². The molecule has 2 amide bonds. The zero-order chi connectivity index (χ0) is 27.4. The van der Waals surface area contributed by atoms with Gasteiger partial charge >= 0.3 is 5.97 Å². The second-order valence-corrected chi connectivity index (χ2v) is 10.9. The number of benzene rings is 3. The van der Waals surface area contributed by atoms with E-state index in [1.54, 1.807) is 13.0 Å². The summed E-state index contributed by atoms with van der Waals surface area (Å²) < 4.78 is 5.11. The Morgan fingerprint density at radius 1 is 0.821 bits per heavy atom.